The molecule has 3 aliphatic heterocycles. The van der Waals surface area contributed by atoms with Crippen molar-refractivity contribution in [1.29, 1.82) is 0 Å². The summed E-state index contributed by atoms with van der Waals surface area (Å²) in [6.07, 6.45) is 5.09. The van der Waals surface area contributed by atoms with Gasteiger partial charge in [-0.2, -0.15) is 0 Å². The number of benzene rings is 10. The Bertz CT molecular complexity index is 3890. The van der Waals surface area contributed by atoms with Gasteiger partial charge in [0.25, 0.3) is 6.71 Å². The van der Waals surface area contributed by atoms with Gasteiger partial charge >= 0.3 is 0 Å². The van der Waals surface area contributed by atoms with Crippen LogP contribution in [0.15, 0.2) is 231 Å². The number of fused-ring (bicyclic) bond motifs is 6. The first kappa shape index (κ1) is 51.8. The monoisotopic (exact) mass is 1060 g/mol. The van der Waals surface area contributed by atoms with E-state index < -0.39 is 0 Å². The van der Waals surface area contributed by atoms with Crippen LogP contribution in [-0.2, 0) is 10.8 Å². The Balaban J connectivity index is 1.13. The Kier molecular flexibility index (Phi) is 12.8. The van der Waals surface area contributed by atoms with E-state index in [9.17, 15) is 0 Å². The van der Waals surface area contributed by atoms with Gasteiger partial charge in [-0.25, -0.2) is 0 Å². The Morgan fingerprint density at radius 1 is 0.366 bits per heavy atom. The van der Waals surface area contributed by atoms with Gasteiger partial charge in [-0.15, -0.1) is 0 Å². The van der Waals surface area contributed by atoms with Crippen LogP contribution in [0.1, 0.15) is 92.2 Å². The van der Waals surface area contributed by atoms with E-state index in [1.165, 1.54) is 149 Å². The molecule has 0 N–H and O–H groups in total. The first-order chi connectivity index (χ1) is 39.8. The van der Waals surface area contributed by atoms with Gasteiger partial charge < -0.3 is 14.7 Å². The molecule has 14 rings (SSSR count). The summed E-state index contributed by atoms with van der Waals surface area (Å²) in [6, 6.07) is 89.0. The predicted molar refractivity (Wildman–Crippen MR) is 352 cm³/mol. The van der Waals surface area contributed by atoms with Crippen LogP contribution in [0.25, 0.3) is 55.6 Å². The summed E-state index contributed by atoms with van der Waals surface area (Å²) in [6.45, 7) is 19.0. The third-order valence-electron chi connectivity index (χ3n) is 18.7. The lowest BCUT2D eigenvalue weighted by Gasteiger charge is -2.51. The molecule has 10 aromatic carbocycles. The highest BCUT2D eigenvalue weighted by molar-refractivity contribution is 7.00. The van der Waals surface area contributed by atoms with E-state index in [4.69, 9.17) is 0 Å². The Hall–Kier alpha value is -8.34. The molecule has 1 aliphatic carbocycles. The van der Waals surface area contributed by atoms with Crippen LogP contribution in [-0.4, -0.2) is 18.8 Å². The number of anilines is 7. The average Bonchev–Trinajstić information content (AvgIpc) is 1.61. The number of hydrogen-bond donors (Lipinski definition) is 0. The topological polar surface area (TPSA) is 9.72 Å². The molecule has 4 unspecified atom stereocenters. The largest absolute Gasteiger partial charge is 0.366 e. The second kappa shape index (κ2) is 20.3. The zero-order valence-electron chi connectivity index (χ0n) is 49.0. The summed E-state index contributed by atoms with van der Waals surface area (Å²) in [5.41, 5.74) is 27.0. The summed E-state index contributed by atoms with van der Waals surface area (Å²) in [7, 11) is 0. The third-order valence-corrected chi connectivity index (χ3v) is 18.7. The molecule has 4 aliphatic rings. The van der Waals surface area contributed by atoms with Crippen molar-refractivity contribution >= 4 is 62.9 Å². The summed E-state index contributed by atoms with van der Waals surface area (Å²) >= 11 is 0. The van der Waals surface area contributed by atoms with Crippen LogP contribution < -0.4 is 31.1 Å². The van der Waals surface area contributed by atoms with Crippen molar-refractivity contribution in [1.82, 2.24) is 0 Å². The van der Waals surface area contributed by atoms with Crippen LogP contribution in [0.4, 0.5) is 39.8 Å². The number of nitrogens with zero attached hydrogens (tertiary/aromatic N) is 3. The smallest absolute Gasteiger partial charge is 0.252 e. The van der Waals surface area contributed by atoms with E-state index in [0.29, 0.717) is 12.1 Å². The van der Waals surface area contributed by atoms with Crippen LogP contribution in [0, 0.1) is 11.8 Å². The molecule has 3 nitrogen and oxygen atoms in total. The quantitative estimate of drug-likeness (QED) is 0.140. The van der Waals surface area contributed by atoms with E-state index in [0.717, 1.165) is 11.8 Å². The van der Waals surface area contributed by atoms with Gasteiger partial charge in [-0.05, 0) is 147 Å². The maximum atomic E-state index is 2.85. The summed E-state index contributed by atoms with van der Waals surface area (Å²) in [5.74, 6) is 1.51. The lowest BCUT2D eigenvalue weighted by molar-refractivity contribution is 0.179. The first-order valence-electron chi connectivity index (χ1n) is 30.2. The Labute approximate surface area is 488 Å². The average molecular weight is 1060 g/mol. The molecule has 82 heavy (non-hydrogen) atoms. The van der Waals surface area contributed by atoms with E-state index in [1.54, 1.807) is 0 Å². The van der Waals surface area contributed by atoms with Crippen molar-refractivity contribution < 1.29 is 0 Å². The van der Waals surface area contributed by atoms with Gasteiger partial charge in [0.15, 0.2) is 0 Å². The standard InChI is InChI=1S/C78H74BN3/c1-51-43-53-45-52(2)80(63(44-51)46-53)62-40-41-68-71(50-62)82(76-66(57-27-17-11-18-28-57)33-22-34-67(76)58-29-19-12-20-30-58)73-49-61(78(6,7)8)48-72-74(73)79(68)69-47-59(54-35-38-60(39-36-54)77(3,4)5)37-42-70(69)81(72)75-64(55-23-13-9-14-24-55)31-21-32-65(75)56-25-15-10-16-26-56/h9-42,47-53,63H,43-46H2,1-8H3. The molecule has 10 aromatic rings. The zero-order chi connectivity index (χ0) is 56.0. The van der Waals surface area contributed by atoms with E-state index in [2.05, 4.69) is 301 Å². The van der Waals surface area contributed by atoms with Gasteiger partial charge in [0.1, 0.15) is 0 Å². The first-order valence-corrected chi connectivity index (χ1v) is 30.2. The van der Waals surface area contributed by atoms with Crippen molar-refractivity contribution in [2.45, 2.75) is 104 Å². The number of rotatable bonds is 8. The molecular formula is C78H74BN3. The van der Waals surface area contributed by atoms with E-state index >= 15 is 0 Å². The van der Waals surface area contributed by atoms with Crippen molar-refractivity contribution in [3.63, 3.8) is 0 Å². The Morgan fingerprint density at radius 3 is 1.33 bits per heavy atom. The molecule has 0 amide bonds. The molecule has 4 atom stereocenters. The van der Waals surface area contributed by atoms with Crippen LogP contribution in [0.2, 0.25) is 0 Å². The fourth-order valence-electron chi connectivity index (χ4n) is 14.9. The second-order valence-corrected chi connectivity index (χ2v) is 26.3. The van der Waals surface area contributed by atoms with Gasteiger partial charge in [0.2, 0.25) is 0 Å². The maximum Gasteiger partial charge on any atom is 0.252 e. The molecule has 0 aromatic heterocycles. The molecule has 0 radical (unpaired) electrons. The van der Waals surface area contributed by atoms with Crippen molar-refractivity contribution in [2.24, 2.45) is 11.8 Å². The zero-order valence-corrected chi connectivity index (χ0v) is 49.0. The summed E-state index contributed by atoms with van der Waals surface area (Å²) in [5, 5.41) is 0. The van der Waals surface area contributed by atoms with Gasteiger partial charge in [-0.1, -0.05) is 249 Å². The molecule has 0 spiro atoms. The SMILES string of the molecule is CC1CC2CC(C)N(c3ccc4c(c3)N(c3c(-c5ccccc5)cccc3-c3ccccc3)c3cc(C(C)(C)C)cc5c3B4c3cc(-c4ccc(C(C)(C)C)cc4)ccc3N5c3c(-c4ccccc4)cccc3-c3ccccc3)C(C1)C2. The third kappa shape index (κ3) is 8.98. The van der Waals surface area contributed by atoms with Crippen LogP contribution >= 0.6 is 0 Å². The predicted octanol–water partition coefficient (Wildman–Crippen LogP) is 19.1. The summed E-state index contributed by atoms with van der Waals surface area (Å²) < 4.78 is 0. The molecule has 2 bridgehead atoms. The lowest BCUT2D eigenvalue weighted by atomic mass is 9.33. The lowest BCUT2D eigenvalue weighted by Crippen LogP contribution is -2.61. The van der Waals surface area contributed by atoms with Gasteiger partial charge in [0, 0.05) is 62.8 Å². The summed E-state index contributed by atoms with van der Waals surface area (Å²) in [4.78, 5) is 8.28. The van der Waals surface area contributed by atoms with E-state index in [1.807, 2.05) is 0 Å². The van der Waals surface area contributed by atoms with E-state index in [-0.39, 0.29) is 17.5 Å². The van der Waals surface area contributed by atoms with Gasteiger partial charge in [0.05, 0.1) is 11.4 Å². The molecule has 1 saturated carbocycles. The van der Waals surface area contributed by atoms with Crippen molar-refractivity contribution in [2.75, 3.05) is 14.7 Å². The van der Waals surface area contributed by atoms with Crippen LogP contribution in [0.3, 0.4) is 0 Å². The normalized spacial score (nSPS) is 18.2. The minimum absolute atomic E-state index is 0.0441. The fourth-order valence-corrected chi connectivity index (χ4v) is 14.9. The molecule has 4 heteroatoms. The highest BCUT2D eigenvalue weighted by Crippen LogP contribution is 2.54. The van der Waals surface area contributed by atoms with Gasteiger partial charge in [-0.3, -0.25) is 0 Å². The molecule has 3 heterocycles. The number of piperidine rings is 1. The minimum Gasteiger partial charge on any atom is -0.366 e. The minimum atomic E-state index is -0.219. The number of hydrogen-bond acceptors (Lipinski definition) is 3. The highest BCUT2D eigenvalue weighted by Gasteiger charge is 2.47. The van der Waals surface area contributed by atoms with Crippen LogP contribution in [0.5, 0.6) is 0 Å². The number of para-hydroxylation sites is 2. The van der Waals surface area contributed by atoms with Crippen molar-refractivity contribution in [3.05, 3.63) is 242 Å². The molecule has 1 saturated heterocycles. The fraction of sp³-hybridized carbons (Fsp3) is 0.231. The molecule has 404 valence electrons. The Morgan fingerprint density at radius 2 is 0.841 bits per heavy atom. The second-order valence-electron chi connectivity index (χ2n) is 26.3. The molecule has 2 fully saturated rings. The maximum absolute atomic E-state index is 2.85. The highest BCUT2D eigenvalue weighted by atomic mass is 15.2. The molecular weight excluding hydrogens is 990 g/mol. The van der Waals surface area contributed by atoms with Crippen molar-refractivity contribution in [3.8, 4) is 55.6 Å².